The number of ether oxygens (including phenoxy) is 1. The van der Waals surface area contributed by atoms with Crippen molar-refractivity contribution in [2.75, 3.05) is 25.1 Å². The van der Waals surface area contributed by atoms with E-state index in [1.807, 2.05) is 12.1 Å². The molecule has 0 saturated carbocycles. The van der Waals surface area contributed by atoms with E-state index in [-0.39, 0.29) is 0 Å². The van der Waals surface area contributed by atoms with Gasteiger partial charge in [0.2, 0.25) is 5.88 Å². The maximum atomic E-state index is 5.84. The third-order valence-corrected chi connectivity index (χ3v) is 2.52. The number of hydrogen-bond donors (Lipinski definition) is 1. The SMILES string of the molecule is COc1cc(N2CCC(N)C2)ccn1. The molecule has 76 valence electrons. The Morgan fingerprint density at radius 2 is 2.50 bits per heavy atom. The molecule has 1 aromatic heterocycles. The van der Waals surface area contributed by atoms with Crippen LogP contribution in [-0.2, 0) is 0 Å². The predicted molar refractivity (Wildman–Crippen MR) is 55.6 cm³/mol. The summed E-state index contributed by atoms with van der Waals surface area (Å²) >= 11 is 0. The second kappa shape index (κ2) is 3.84. The zero-order chi connectivity index (χ0) is 9.97. The lowest BCUT2D eigenvalue weighted by Crippen LogP contribution is -2.26. The van der Waals surface area contributed by atoms with Gasteiger partial charge in [-0.1, -0.05) is 0 Å². The molecule has 1 aliphatic rings. The fourth-order valence-corrected chi connectivity index (χ4v) is 1.73. The Kier molecular flexibility index (Phi) is 2.54. The second-order valence-electron chi connectivity index (χ2n) is 3.55. The molecule has 0 aromatic carbocycles. The normalized spacial score (nSPS) is 21.3. The van der Waals surface area contributed by atoms with Crippen molar-refractivity contribution in [1.82, 2.24) is 4.98 Å². The van der Waals surface area contributed by atoms with Crippen LogP contribution >= 0.6 is 0 Å². The number of nitrogens with two attached hydrogens (primary N) is 1. The maximum Gasteiger partial charge on any atom is 0.214 e. The Bertz CT molecular complexity index is 316. The largest absolute Gasteiger partial charge is 0.481 e. The number of anilines is 1. The number of nitrogens with zero attached hydrogens (tertiary/aromatic N) is 2. The lowest BCUT2D eigenvalue weighted by molar-refractivity contribution is 0.398. The van der Waals surface area contributed by atoms with E-state index in [0.717, 1.165) is 25.2 Å². The van der Waals surface area contributed by atoms with Gasteiger partial charge in [-0.3, -0.25) is 0 Å². The molecule has 0 radical (unpaired) electrons. The van der Waals surface area contributed by atoms with Crippen molar-refractivity contribution >= 4 is 5.69 Å². The molecular formula is C10H15N3O. The molecule has 2 N–H and O–H groups in total. The van der Waals surface area contributed by atoms with Crippen molar-refractivity contribution in [3.05, 3.63) is 18.3 Å². The van der Waals surface area contributed by atoms with Gasteiger partial charge >= 0.3 is 0 Å². The van der Waals surface area contributed by atoms with Crippen LogP contribution in [0.5, 0.6) is 5.88 Å². The Morgan fingerprint density at radius 3 is 3.14 bits per heavy atom. The van der Waals surface area contributed by atoms with E-state index in [1.54, 1.807) is 13.3 Å². The first kappa shape index (κ1) is 9.27. The molecule has 4 heteroatoms. The molecule has 0 amide bonds. The Hall–Kier alpha value is -1.29. The fraction of sp³-hybridized carbons (Fsp3) is 0.500. The summed E-state index contributed by atoms with van der Waals surface area (Å²) in [4.78, 5) is 6.33. The summed E-state index contributed by atoms with van der Waals surface area (Å²) < 4.78 is 5.07. The van der Waals surface area contributed by atoms with Crippen LogP contribution in [0.2, 0.25) is 0 Å². The minimum absolute atomic E-state index is 0.300. The Balaban J connectivity index is 2.15. The first-order chi connectivity index (χ1) is 6.79. The zero-order valence-electron chi connectivity index (χ0n) is 8.31. The summed E-state index contributed by atoms with van der Waals surface area (Å²) in [5.74, 6) is 0.656. The summed E-state index contributed by atoms with van der Waals surface area (Å²) in [6, 6.07) is 4.23. The van der Waals surface area contributed by atoms with Crippen molar-refractivity contribution in [2.24, 2.45) is 5.73 Å². The lowest BCUT2D eigenvalue weighted by Gasteiger charge is -2.17. The van der Waals surface area contributed by atoms with Gasteiger partial charge in [0, 0.05) is 37.1 Å². The van der Waals surface area contributed by atoms with Crippen LogP contribution < -0.4 is 15.4 Å². The molecule has 14 heavy (non-hydrogen) atoms. The number of pyridine rings is 1. The minimum atomic E-state index is 0.300. The van der Waals surface area contributed by atoms with E-state index in [1.165, 1.54) is 0 Å². The van der Waals surface area contributed by atoms with E-state index < -0.39 is 0 Å². The molecular weight excluding hydrogens is 178 g/mol. The van der Waals surface area contributed by atoms with Crippen molar-refractivity contribution in [1.29, 1.82) is 0 Å². The number of methoxy groups -OCH3 is 1. The molecule has 1 unspecified atom stereocenters. The lowest BCUT2D eigenvalue weighted by atomic mass is 10.3. The van der Waals surface area contributed by atoms with Crippen LogP contribution in [0.25, 0.3) is 0 Å². The molecule has 2 heterocycles. The zero-order valence-corrected chi connectivity index (χ0v) is 8.31. The summed E-state index contributed by atoms with van der Waals surface area (Å²) in [5, 5.41) is 0. The van der Waals surface area contributed by atoms with E-state index >= 15 is 0 Å². The molecule has 0 bridgehead atoms. The van der Waals surface area contributed by atoms with E-state index in [4.69, 9.17) is 10.5 Å². The Morgan fingerprint density at radius 1 is 1.64 bits per heavy atom. The molecule has 0 spiro atoms. The first-order valence-corrected chi connectivity index (χ1v) is 4.80. The quantitative estimate of drug-likeness (QED) is 0.748. The molecule has 0 aliphatic carbocycles. The van der Waals surface area contributed by atoms with Gasteiger partial charge in [-0.2, -0.15) is 0 Å². The van der Waals surface area contributed by atoms with Gasteiger partial charge in [-0.15, -0.1) is 0 Å². The second-order valence-corrected chi connectivity index (χ2v) is 3.55. The highest BCUT2D eigenvalue weighted by atomic mass is 16.5. The van der Waals surface area contributed by atoms with Crippen LogP contribution in [0.3, 0.4) is 0 Å². The summed E-state index contributed by atoms with van der Waals surface area (Å²) in [7, 11) is 1.63. The van der Waals surface area contributed by atoms with Crippen LogP contribution in [0.1, 0.15) is 6.42 Å². The highest BCUT2D eigenvalue weighted by molar-refractivity contribution is 5.49. The predicted octanol–water partition coefficient (Wildman–Crippen LogP) is 0.628. The Labute approximate surface area is 83.7 Å². The molecule has 1 aliphatic heterocycles. The van der Waals surface area contributed by atoms with Gasteiger partial charge in [0.25, 0.3) is 0 Å². The average Bonchev–Trinajstić information content (AvgIpc) is 2.65. The smallest absolute Gasteiger partial charge is 0.214 e. The first-order valence-electron chi connectivity index (χ1n) is 4.80. The highest BCUT2D eigenvalue weighted by Crippen LogP contribution is 2.22. The number of hydrogen-bond acceptors (Lipinski definition) is 4. The van der Waals surface area contributed by atoms with Crippen LogP contribution in [0.4, 0.5) is 5.69 Å². The summed E-state index contributed by atoms with van der Waals surface area (Å²) in [5.41, 5.74) is 6.99. The van der Waals surface area contributed by atoms with Crippen molar-refractivity contribution in [3.8, 4) is 5.88 Å². The van der Waals surface area contributed by atoms with Gasteiger partial charge < -0.3 is 15.4 Å². The van der Waals surface area contributed by atoms with Gasteiger partial charge in [0.1, 0.15) is 0 Å². The third kappa shape index (κ3) is 1.80. The van der Waals surface area contributed by atoms with Crippen molar-refractivity contribution in [2.45, 2.75) is 12.5 Å². The number of rotatable bonds is 2. The van der Waals surface area contributed by atoms with Gasteiger partial charge in [-0.05, 0) is 12.5 Å². The van der Waals surface area contributed by atoms with Crippen LogP contribution in [0, 0.1) is 0 Å². The molecule has 2 rings (SSSR count). The third-order valence-electron chi connectivity index (χ3n) is 2.52. The van der Waals surface area contributed by atoms with Crippen molar-refractivity contribution < 1.29 is 4.74 Å². The highest BCUT2D eigenvalue weighted by Gasteiger charge is 2.19. The topological polar surface area (TPSA) is 51.4 Å². The van der Waals surface area contributed by atoms with Gasteiger partial charge in [0.05, 0.1) is 7.11 Å². The monoisotopic (exact) mass is 193 g/mol. The summed E-state index contributed by atoms with van der Waals surface area (Å²) in [6.07, 6.45) is 2.82. The van der Waals surface area contributed by atoms with Crippen LogP contribution in [0.15, 0.2) is 18.3 Å². The van der Waals surface area contributed by atoms with Crippen LogP contribution in [-0.4, -0.2) is 31.2 Å². The standard InChI is InChI=1S/C10H15N3O/c1-14-10-6-9(2-4-12-10)13-5-3-8(11)7-13/h2,4,6,8H,3,5,7,11H2,1H3. The van der Waals surface area contributed by atoms with Crippen molar-refractivity contribution in [3.63, 3.8) is 0 Å². The fourth-order valence-electron chi connectivity index (χ4n) is 1.73. The minimum Gasteiger partial charge on any atom is -0.481 e. The molecule has 1 aromatic rings. The average molecular weight is 193 g/mol. The number of aromatic nitrogens is 1. The van der Waals surface area contributed by atoms with Gasteiger partial charge in [-0.25, -0.2) is 4.98 Å². The maximum absolute atomic E-state index is 5.84. The molecule has 1 fully saturated rings. The molecule has 1 atom stereocenters. The van der Waals surface area contributed by atoms with Gasteiger partial charge in [0.15, 0.2) is 0 Å². The summed E-state index contributed by atoms with van der Waals surface area (Å²) in [6.45, 7) is 1.95. The molecule has 4 nitrogen and oxygen atoms in total. The van der Waals surface area contributed by atoms with E-state index in [9.17, 15) is 0 Å². The van der Waals surface area contributed by atoms with E-state index in [0.29, 0.717) is 11.9 Å². The van der Waals surface area contributed by atoms with E-state index in [2.05, 4.69) is 9.88 Å². The molecule has 1 saturated heterocycles.